The summed E-state index contributed by atoms with van der Waals surface area (Å²) in [5.74, 6) is 2.98. The van der Waals surface area contributed by atoms with Gasteiger partial charge >= 0.3 is 0 Å². The Labute approximate surface area is 127 Å². The van der Waals surface area contributed by atoms with Gasteiger partial charge in [0.25, 0.3) is 0 Å². The van der Waals surface area contributed by atoms with E-state index in [0.717, 1.165) is 25.5 Å². The van der Waals surface area contributed by atoms with Crippen LogP contribution in [0.4, 0.5) is 0 Å². The van der Waals surface area contributed by atoms with Crippen molar-refractivity contribution >= 4 is 11.8 Å². The minimum Gasteiger partial charge on any atom is -0.381 e. The summed E-state index contributed by atoms with van der Waals surface area (Å²) in [5, 5.41) is 3.63. The highest BCUT2D eigenvalue weighted by Gasteiger charge is 2.24. The fraction of sp³-hybridized carbons (Fsp3) is 0.647. The molecule has 2 rings (SSSR count). The van der Waals surface area contributed by atoms with Crippen LogP contribution in [0.1, 0.15) is 30.0 Å². The van der Waals surface area contributed by atoms with Gasteiger partial charge in [-0.05, 0) is 32.4 Å². The number of thioether (sulfide) groups is 1. The first-order chi connectivity index (χ1) is 9.69. The van der Waals surface area contributed by atoms with Crippen LogP contribution < -0.4 is 5.32 Å². The second-order valence-electron chi connectivity index (χ2n) is 5.80. The Hall–Kier alpha value is -0.510. The van der Waals surface area contributed by atoms with Crippen LogP contribution in [0.2, 0.25) is 0 Å². The van der Waals surface area contributed by atoms with Crippen LogP contribution in [-0.4, -0.2) is 31.6 Å². The molecule has 0 aromatic heterocycles. The second-order valence-corrected chi connectivity index (χ2v) is 6.83. The standard InChI is InChI=1S/C17H27NOS/c1-4-18-17(16-5-6-19-10-16)12-20-11-15-8-13(2)7-14(3)9-15/h7-9,16-18H,4-6,10-12H2,1-3H3. The van der Waals surface area contributed by atoms with E-state index < -0.39 is 0 Å². The van der Waals surface area contributed by atoms with Gasteiger partial charge < -0.3 is 10.1 Å². The van der Waals surface area contributed by atoms with Crippen LogP contribution in [0, 0.1) is 19.8 Å². The molecule has 1 heterocycles. The molecular weight excluding hydrogens is 266 g/mol. The third-order valence-corrected chi connectivity index (χ3v) is 4.98. The van der Waals surface area contributed by atoms with Gasteiger partial charge in [-0.2, -0.15) is 11.8 Å². The van der Waals surface area contributed by atoms with Gasteiger partial charge in [-0.1, -0.05) is 36.2 Å². The number of nitrogens with one attached hydrogen (secondary N) is 1. The molecule has 1 N–H and O–H groups in total. The molecule has 0 bridgehead atoms. The van der Waals surface area contributed by atoms with Crippen LogP contribution in [-0.2, 0) is 10.5 Å². The Balaban J connectivity index is 1.82. The Morgan fingerprint density at radius 3 is 2.65 bits per heavy atom. The number of hydrogen-bond acceptors (Lipinski definition) is 3. The first-order valence-electron chi connectivity index (χ1n) is 7.65. The molecule has 3 heteroatoms. The molecule has 1 aromatic carbocycles. The maximum Gasteiger partial charge on any atom is 0.0510 e. The summed E-state index contributed by atoms with van der Waals surface area (Å²) >= 11 is 2.04. The second kappa shape index (κ2) is 8.06. The summed E-state index contributed by atoms with van der Waals surface area (Å²) < 4.78 is 5.53. The van der Waals surface area contributed by atoms with Gasteiger partial charge in [-0.15, -0.1) is 0 Å². The van der Waals surface area contributed by atoms with E-state index in [9.17, 15) is 0 Å². The Morgan fingerprint density at radius 1 is 1.30 bits per heavy atom. The van der Waals surface area contributed by atoms with Crippen molar-refractivity contribution in [1.82, 2.24) is 5.32 Å². The number of ether oxygens (including phenoxy) is 1. The van der Waals surface area contributed by atoms with Gasteiger partial charge in [0.05, 0.1) is 6.61 Å². The van der Waals surface area contributed by atoms with E-state index in [1.807, 2.05) is 11.8 Å². The number of rotatable bonds is 7. The summed E-state index contributed by atoms with van der Waals surface area (Å²) in [6.45, 7) is 9.47. The maximum atomic E-state index is 5.53. The van der Waals surface area contributed by atoms with Crippen molar-refractivity contribution in [3.63, 3.8) is 0 Å². The van der Waals surface area contributed by atoms with E-state index in [4.69, 9.17) is 4.74 Å². The molecule has 1 aromatic rings. The van der Waals surface area contributed by atoms with E-state index in [-0.39, 0.29) is 0 Å². The molecule has 0 spiro atoms. The average molecular weight is 293 g/mol. The van der Waals surface area contributed by atoms with Gasteiger partial charge in [0.1, 0.15) is 0 Å². The van der Waals surface area contributed by atoms with Crippen LogP contribution in [0.3, 0.4) is 0 Å². The molecular formula is C17H27NOS. The van der Waals surface area contributed by atoms with Crippen LogP contribution in [0.5, 0.6) is 0 Å². The van der Waals surface area contributed by atoms with Crippen molar-refractivity contribution in [3.05, 3.63) is 34.9 Å². The summed E-state index contributed by atoms with van der Waals surface area (Å²) in [5.41, 5.74) is 4.19. The van der Waals surface area contributed by atoms with Gasteiger partial charge in [0.2, 0.25) is 0 Å². The lowest BCUT2D eigenvalue weighted by Crippen LogP contribution is -2.38. The van der Waals surface area contributed by atoms with Crippen molar-refractivity contribution in [2.24, 2.45) is 5.92 Å². The molecule has 0 radical (unpaired) electrons. The molecule has 2 nitrogen and oxygen atoms in total. The SMILES string of the molecule is CCNC(CSCc1cc(C)cc(C)c1)C1CCOC1. The molecule has 0 amide bonds. The van der Waals surface area contributed by atoms with E-state index in [1.54, 1.807) is 0 Å². The minimum absolute atomic E-state index is 0.596. The predicted octanol–water partition coefficient (Wildman–Crippen LogP) is 3.55. The van der Waals surface area contributed by atoms with Gasteiger partial charge in [-0.3, -0.25) is 0 Å². The van der Waals surface area contributed by atoms with E-state index >= 15 is 0 Å². The minimum atomic E-state index is 0.596. The fourth-order valence-corrected chi connectivity index (χ4v) is 4.11. The molecule has 1 aliphatic rings. The first-order valence-corrected chi connectivity index (χ1v) is 8.80. The van der Waals surface area contributed by atoms with Crippen molar-refractivity contribution in [2.45, 2.75) is 39.0 Å². The lowest BCUT2D eigenvalue weighted by atomic mass is 10.0. The number of hydrogen-bond donors (Lipinski definition) is 1. The Morgan fingerprint density at radius 2 is 2.05 bits per heavy atom. The predicted molar refractivity (Wildman–Crippen MR) is 88.5 cm³/mol. The zero-order valence-electron chi connectivity index (χ0n) is 12.9. The normalized spacial score (nSPS) is 20.2. The highest BCUT2D eigenvalue weighted by Crippen LogP contribution is 2.22. The third kappa shape index (κ3) is 4.80. The van der Waals surface area contributed by atoms with Crippen molar-refractivity contribution in [1.29, 1.82) is 0 Å². The van der Waals surface area contributed by atoms with Crippen LogP contribution in [0.25, 0.3) is 0 Å². The lowest BCUT2D eigenvalue weighted by molar-refractivity contribution is 0.179. The number of aryl methyl sites for hydroxylation is 2. The number of benzene rings is 1. The van der Waals surface area contributed by atoms with Crippen molar-refractivity contribution in [3.8, 4) is 0 Å². The molecule has 0 saturated carbocycles. The van der Waals surface area contributed by atoms with Gasteiger partial charge in [0.15, 0.2) is 0 Å². The van der Waals surface area contributed by atoms with Gasteiger partial charge in [-0.25, -0.2) is 0 Å². The monoisotopic (exact) mass is 293 g/mol. The molecule has 1 aliphatic heterocycles. The first kappa shape index (κ1) is 15.9. The molecule has 0 aliphatic carbocycles. The highest BCUT2D eigenvalue weighted by atomic mass is 32.2. The summed E-state index contributed by atoms with van der Waals surface area (Å²) in [6.07, 6.45) is 1.21. The van der Waals surface area contributed by atoms with Crippen LogP contribution in [0.15, 0.2) is 18.2 Å². The lowest BCUT2D eigenvalue weighted by Gasteiger charge is -2.23. The molecule has 1 saturated heterocycles. The summed E-state index contributed by atoms with van der Waals surface area (Å²) in [6, 6.07) is 7.45. The Kier molecular flexibility index (Phi) is 6.40. The maximum absolute atomic E-state index is 5.53. The quantitative estimate of drug-likeness (QED) is 0.830. The van der Waals surface area contributed by atoms with Crippen LogP contribution >= 0.6 is 11.8 Å². The zero-order chi connectivity index (χ0) is 14.4. The molecule has 1 fully saturated rings. The third-order valence-electron chi connectivity index (χ3n) is 3.85. The topological polar surface area (TPSA) is 21.3 Å². The van der Waals surface area contributed by atoms with Gasteiger partial charge in [0, 0.05) is 30.1 Å². The smallest absolute Gasteiger partial charge is 0.0510 e. The molecule has 2 atom stereocenters. The molecule has 20 heavy (non-hydrogen) atoms. The van der Waals surface area contributed by atoms with E-state index in [0.29, 0.717) is 12.0 Å². The average Bonchev–Trinajstić information content (AvgIpc) is 2.90. The molecule has 112 valence electrons. The van der Waals surface area contributed by atoms with E-state index in [1.165, 1.54) is 28.9 Å². The largest absolute Gasteiger partial charge is 0.381 e. The van der Waals surface area contributed by atoms with E-state index in [2.05, 4.69) is 44.3 Å². The van der Waals surface area contributed by atoms with Crippen molar-refractivity contribution in [2.75, 3.05) is 25.5 Å². The van der Waals surface area contributed by atoms with Crippen molar-refractivity contribution < 1.29 is 4.74 Å². The molecule has 2 unspecified atom stereocenters. The summed E-state index contributed by atoms with van der Waals surface area (Å²) in [4.78, 5) is 0. The summed E-state index contributed by atoms with van der Waals surface area (Å²) in [7, 11) is 0. The highest BCUT2D eigenvalue weighted by molar-refractivity contribution is 7.98. The Bertz CT molecular complexity index is 395. The fourth-order valence-electron chi connectivity index (χ4n) is 2.95. The zero-order valence-corrected chi connectivity index (χ0v) is 13.8.